The van der Waals surface area contributed by atoms with Crippen LogP contribution in [0.1, 0.15) is 12.1 Å². The number of thiazole rings is 1. The van der Waals surface area contributed by atoms with E-state index in [0.717, 1.165) is 10.7 Å². The zero-order valence-corrected chi connectivity index (χ0v) is 16.0. The van der Waals surface area contributed by atoms with Crippen molar-refractivity contribution < 1.29 is 18.7 Å². The van der Waals surface area contributed by atoms with Crippen LogP contribution in [-0.2, 0) is 11.2 Å². The number of nitrogens with zero attached hydrogens (tertiary/aromatic N) is 2. The number of ether oxygens (including phenoxy) is 2. The number of carbonyl (C=O) groups excluding carboxylic acids is 1. The number of carbonyl (C=O) groups is 1. The van der Waals surface area contributed by atoms with Crippen LogP contribution in [0.5, 0.6) is 11.5 Å². The normalized spacial score (nSPS) is 12.4. The number of aromatic nitrogens is 2. The summed E-state index contributed by atoms with van der Waals surface area (Å²) >= 11 is 1.47. The minimum atomic E-state index is -0.303. The van der Waals surface area contributed by atoms with Crippen molar-refractivity contribution in [2.45, 2.75) is 12.8 Å². The SMILES string of the molecule is O=C(CCc1csc2nc(-c3ccccc3F)cn12)Nc1ccc2c(c1)OCO2. The number of aryl methyl sites for hydroxylation is 1. The van der Waals surface area contributed by atoms with Crippen molar-refractivity contribution in [3.05, 3.63) is 65.6 Å². The standard InChI is InChI=1S/C21H16FN3O3S/c22-16-4-2-1-3-15(16)17-10-25-14(11-29-21(25)24-17)6-8-20(26)23-13-5-7-18-19(9-13)28-12-27-18/h1-5,7,9-11H,6,8,12H2,(H,23,26). The molecular formula is C21H16FN3O3S. The number of rotatable bonds is 5. The molecule has 2 aromatic heterocycles. The minimum absolute atomic E-state index is 0.0994. The van der Waals surface area contributed by atoms with Crippen molar-refractivity contribution in [2.24, 2.45) is 0 Å². The number of halogens is 1. The highest BCUT2D eigenvalue weighted by molar-refractivity contribution is 7.15. The summed E-state index contributed by atoms with van der Waals surface area (Å²) < 4.78 is 26.6. The van der Waals surface area contributed by atoms with E-state index >= 15 is 0 Å². The molecule has 146 valence electrons. The van der Waals surface area contributed by atoms with Gasteiger partial charge in [-0.25, -0.2) is 9.37 Å². The molecule has 3 heterocycles. The van der Waals surface area contributed by atoms with Crippen molar-refractivity contribution in [3.8, 4) is 22.8 Å². The molecule has 0 aliphatic carbocycles. The summed E-state index contributed by atoms with van der Waals surface area (Å²) in [5.74, 6) is 0.899. The van der Waals surface area contributed by atoms with Crippen molar-refractivity contribution >= 4 is 27.9 Å². The third kappa shape index (κ3) is 3.42. The van der Waals surface area contributed by atoms with Gasteiger partial charge in [0.15, 0.2) is 16.5 Å². The van der Waals surface area contributed by atoms with Crippen LogP contribution >= 0.6 is 11.3 Å². The number of benzene rings is 2. The van der Waals surface area contributed by atoms with Crippen LogP contribution in [0.15, 0.2) is 54.0 Å². The van der Waals surface area contributed by atoms with Crippen LogP contribution in [0.3, 0.4) is 0 Å². The quantitative estimate of drug-likeness (QED) is 0.527. The van der Waals surface area contributed by atoms with Crippen LogP contribution in [0, 0.1) is 5.82 Å². The highest BCUT2D eigenvalue weighted by atomic mass is 32.1. The Morgan fingerprint density at radius 3 is 2.97 bits per heavy atom. The molecule has 2 aromatic carbocycles. The molecule has 4 aromatic rings. The summed E-state index contributed by atoms with van der Waals surface area (Å²) in [6.07, 6.45) is 2.67. The number of hydrogen-bond acceptors (Lipinski definition) is 5. The zero-order valence-electron chi connectivity index (χ0n) is 15.2. The molecule has 0 atom stereocenters. The first-order chi connectivity index (χ1) is 14.2. The zero-order chi connectivity index (χ0) is 19.8. The van der Waals surface area contributed by atoms with Crippen molar-refractivity contribution in [2.75, 3.05) is 12.1 Å². The molecule has 1 aliphatic rings. The van der Waals surface area contributed by atoms with Gasteiger partial charge in [0.05, 0.1) is 5.69 Å². The van der Waals surface area contributed by atoms with Crippen LogP contribution < -0.4 is 14.8 Å². The average molecular weight is 409 g/mol. The van der Waals surface area contributed by atoms with Gasteiger partial charge in [0.2, 0.25) is 12.7 Å². The Morgan fingerprint density at radius 2 is 2.07 bits per heavy atom. The summed E-state index contributed by atoms with van der Waals surface area (Å²) in [7, 11) is 0. The van der Waals surface area contributed by atoms with E-state index in [0.29, 0.717) is 41.3 Å². The van der Waals surface area contributed by atoms with E-state index < -0.39 is 0 Å². The second kappa shape index (κ2) is 7.21. The number of amides is 1. The molecule has 0 unspecified atom stereocenters. The summed E-state index contributed by atoms with van der Waals surface area (Å²) in [5.41, 5.74) is 2.68. The third-order valence-corrected chi connectivity index (χ3v) is 5.59. The van der Waals surface area contributed by atoms with Gasteiger partial charge < -0.3 is 14.8 Å². The lowest BCUT2D eigenvalue weighted by molar-refractivity contribution is -0.116. The Bertz CT molecular complexity index is 1220. The van der Waals surface area contributed by atoms with Crippen LogP contribution in [-0.4, -0.2) is 22.1 Å². The maximum Gasteiger partial charge on any atom is 0.231 e. The molecule has 5 rings (SSSR count). The molecule has 1 N–H and O–H groups in total. The Hall–Kier alpha value is -3.39. The first-order valence-corrected chi connectivity index (χ1v) is 9.95. The number of fused-ring (bicyclic) bond motifs is 2. The van der Waals surface area contributed by atoms with E-state index in [1.54, 1.807) is 36.4 Å². The Labute approximate surface area is 169 Å². The van der Waals surface area contributed by atoms with Gasteiger partial charge in [-0.15, -0.1) is 11.3 Å². The summed E-state index contributed by atoms with van der Waals surface area (Å²) in [6.45, 7) is 0.195. The molecule has 1 aliphatic heterocycles. The van der Waals surface area contributed by atoms with Crippen LogP contribution in [0.2, 0.25) is 0 Å². The van der Waals surface area contributed by atoms with E-state index in [-0.39, 0.29) is 18.5 Å². The van der Waals surface area contributed by atoms with Gasteiger partial charge in [-0.3, -0.25) is 9.20 Å². The second-order valence-corrected chi connectivity index (χ2v) is 7.44. The molecule has 0 bridgehead atoms. The number of imidazole rings is 1. The van der Waals surface area contributed by atoms with E-state index in [9.17, 15) is 9.18 Å². The smallest absolute Gasteiger partial charge is 0.231 e. The van der Waals surface area contributed by atoms with Gasteiger partial charge in [-0.05, 0) is 30.7 Å². The number of hydrogen-bond donors (Lipinski definition) is 1. The van der Waals surface area contributed by atoms with E-state index in [1.165, 1.54) is 17.4 Å². The Balaban J connectivity index is 1.28. The predicted octanol–water partition coefficient (Wildman–Crippen LogP) is 4.50. The Morgan fingerprint density at radius 1 is 1.21 bits per heavy atom. The first-order valence-electron chi connectivity index (χ1n) is 9.07. The summed E-state index contributed by atoms with van der Waals surface area (Å²) in [4.78, 5) is 17.6. The minimum Gasteiger partial charge on any atom is -0.454 e. The highest BCUT2D eigenvalue weighted by Gasteiger charge is 2.15. The van der Waals surface area contributed by atoms with Crippen molar-refractivity contribution in [3.63, 3.8) is 0 Å². The third-order valence-electron chi connectivity index (χ3n) is 4.70. The largest absolute Gasteiger partial charge is 0.454 e. The van der Waals surface area contributed by atoms with Crippen LogP contribution in [0.25, 0.3) is 16.2 Å². The van der Waals surface area contributed by atoms with E-state index in [2.05, 4.69) is 10.3 Å². The molecule has 0 saturated carbocycles. The molecule has 0 spiro atoms. The first kappa shape index (κ1) is 17.7. The Kier molecular flexibility index (Phi) is 4.40. The monoisotopic (exact) mass is 409 g/mol. The molecule has 0 fully saturated rings. The lowest BCUT2D eigenvalue weighted by atomic mass is 10.1. The molecule has 0 radical (unpaired) electrons. The summed E-state index contributed by atoms with van der Waals surface area (Å²) in [5, 5.41) is 4.85. The number of anilines is 1. The second-order valence-electron chi connectivity index (χ2n) is 6.60. The molecule has 29 heavy (non-hydrogen) atoms. The highest BCUT2D eigenvalue weighted by Crippen LogP contribution is 2.34. The molecule has 6 nitrogen and oxygen atoms in total. The maximum absolute atomic E-state index is 14.0. The van der Waals surface area contributed by atoms with Gasteiger partial charge in [0.25, 0.3) is 0 Å². The molecular weight excluding hydrogens is 393 g/mol. The van der Waals surface area contributed by atoms with Crippen LogP contribution in [0.4, 0.5) is 10.1 Å². The topological polar surface area (TPSA) is 64.9 Å². The van der Waals surface area contributed by atoms with Gasteiger partial charge in [-0.2, -0.15) is 0 Å². The lowest BCUT2D eigenvalue weighted by Crippen LogP contribution is -2.12. The molecule has 8 heteroatoms. The fourth-order valence-electron chi connectivity index (χ4n) is 3.25. The van der Waals surface area contributed by atoms with Gasteiger partial charge in [0, 0.05) is 41.0 Å². The predicted molar refractivity (Wildman–Crippen MR) is 108 cm³/mol. The lowest BCUT2D eigenvalue weighted by Gasteiger charge is -2.06. The van der Waals surface area contributed by atoms with Crippen molar-refractivity contribution in [1.82, 2.24) is 9.38 Å². The number of nitrogens with one attached hydrogen (secondary N) is 1. The van der Waals surface area contributed by atoms with E-state index in [1.807, 2.05) is 16.0 Å². The maximum atomic E-state index is 14.0. The van der Waals surface area contributed by atoms with Gasteiger partial charge in [0.1, 0.15) is 5.82 Å². The van der Waals surface area contributed by atoms with Crippen molar-refractivity contribution in [1.29, 1.82) is 0 Å². The van der Waals surface area contributed by atoms with E-state index in [4.69, 9.17) is 9.47 Å². The van der Waals surface area contributed by atoms with Gasteiger partial charge >= 0.3 is 0 Å². The fourth-order valence-corrected chi connectivity index (χ4v) is 4.15. The average Bonchev–Trinajstić information content (AvgIpc) is 3.42. The summed E-state index contributed by atoms with van der Waals surface area (Å²) in [6, 6.07) is 11.9. The molecule has 0 saturated heterocycles. The fraction of sp³-hybridized carbons (Fsp3) is 0.143. The molecule has 1 amide bonds. The van der Waals surface area contributed by atoms with Gasteiger partial charge in [-0.1, -0.05) is 12.1 Å².